The van der Waals surface area contributed by atoms with E-state index in [9.17, 15) is 4.79 Å². The summed E-state index contributed by atoms with van der Waals surface area (Å²) >= 11 is 1.64. The maximum absolute atomic E-state index is 11.4. The first kappa shape index (κ1) is 11.9. The molecule has 1 aromatic carbocycles. The molecule has 0 atom stereocenters. The molecule has 0 amide bonds. The topological polar surface area (TPSA) is 44.1 Å². The van der Waals surface area contributed by atoms with Gasteiger partial charge < -0.3 is 4.74 Å². The van der Waals surface area contributed by atoms with E-state index in [4.69, 9.17) is 4.74 Å². The molecule has 2 aromatic heterocycles. The zero-order valence-corrected chi connectivity index (χ0v) is 11.2. The van der Waals surface area contributed by atoms with E-state index in [1.54, 1.807) is 16.0 Å². The average Bonchev–Trinajstić information content (AvgIpc) is 3.07. The van der Waals surface area contributed by atoms with Crippen molar-refractivity contribution in [1.82, 2.24) is 9.78 Å². The Hall–Kier alpha value is -2.14. The number of esters is 1. The lowest BCUT2D eigenvalue weighted by molar-refractivity contribution is -0.141. The maximum atomic E-state index is 11.4. The van der Waals surface area contributed by atoms with Crippen molar-refractivity contribution >= 4 is 28.2 Å². The Morgan fingerprint density at radius 3 is 2.89 bits per heavy atom. The van der Waals surface area contributed by atoms with Gasteiger partial charge in [0.05, 0.1) is 17.5 Å². The normalized spacial score (nSPS) is 10.8. The van der Waals surface area contributed by atoms with Gasteiger partial charge in [-0.25, -0.2) is 0 Å². The smallest absolute Gasteiger partial charge is 0.327 e. The van der Waals surface area contributed by atoms with Crippen molar-refractivity contribution in [2.75, 3.05) is 7.11 Å². The molecular formula is C14H12N2O2S. The van der Waals surface area contributed by atoms with Gasteiger partial charge in [0.25, 0.3) is 0 Å². The minimum absolute atomic E-state index is 0.127. The molecule has 0 saturated heterocycles. The lowest BCUT2D eigenvalue weighted by atomic mass is 10.2. The molecule has 2 heterocycles. The number of benzene rings is 1. The predicted octanol–water partition coefficient (Wildman–Crippen LogP) is 2.94. The fourth-order valence-corrected chi connectivity index (χ4v) is 2.75. The molecule has 0 aliphatic carbocycles. The van der Waals surface area contributed by atoms with Gasteiger partial charge in [-0.1, -0.05) is 24.3 Å². The van der Waals surface area contributed by atoms with Gasteiger partial charge in [-0.2, -0.15) is 5.10 Å². The number of hydrogen-bond donors (Lipinski definition) is 0. The average molecular weight is 272 g/mol. The third-order valence-electron chi connectivity index (χ3n) is 2.92. The van der Waals surface area contributed by atoms with Gasteiger partial charge in [-0.15, -0.1) is 11.3 Å². The molecular weight excluding hydrogens is 260 g/mol. The molecule has 0 unspecified atom stereocenters. The van der Waals surface area contributed by atoms with Crippen molar-refractivity contribution < 1.29 is 9.53 Å². The molecule has 0 N–H and O–H groups in total. The standard InChI is InChI=1S/C14H12N2O2S/c1-18-13(17)9-16-11-6-3-2-5-10(11)14(15-16)12-7-4-8-19-12/h2-8H,9H2,1H3. The summed E-state index contributed by atoms with van der Waals surface area (Å²) in [5.74, 6) is -0.300. The summed E-state index contributed by atoms with van der Waals surface area (Å²) < 4.78 is 6.40. The number of ether oxygens (including phenoxy) is 1. The highest BCUT2D eigenvalue weighted by Crippen LogP contribution is 2.30. The zero-order chi connectivity index (χ0) is 13.2. The minimum atomic E-state index is -0.300. The van der Waals surface area contributed by atoms with Crippen LogP contribution in [0.5, 0.6) is 0 Å². The van der Waals surface area contributed by atoms with Crippen LogP contribution >= 0.6 is 11.3 Å². The van der Waals surface area contributed by atoms with E-state index in [0.717, 1.165) is 21.5 Å². The second-order valence-corrected chi connectivity index (χ2v) is 5.02. The molecule has 19 heavy (non-hydrogen) atoms. The van der Waals surface area contributed by atoms with E-state index in [0.29, 0.717) is 0 Å². The molecule has 0 bridgehead atoms. The maximum Gasteiger partial charge on any atom is 0.327 e. The van der Waals surface area contributed by atoms with Crippen molar-refractivity contribution in [3.8, 4) is 10.6 Å². The van der Waals surface area contributed by atoms with Gasteiger partial charge in [0.1, 0.15) is 12.2 Å². The third kappa shape index (κ3) is 2.13. The lowest BCUT2D eigenvalue weighted by Gasteiger charge is -2.00. The Morgan fingerprint density at radius 1 is 1.32 bits per heavy atom. The van der Waals surface area contributed by atoms with Crippen LogP contribution in [0, 0.1) is 0 Å². The highest BCUT2D eigenvalue weighted by atomic mass is 32.1. The van der Waals surface area contributed by atoms with E-state index in [-0.39, 0.29) is 12.5 Å². The van der Waals surface area contributed by atoms with Crippen LogP contribution in [0.2, 0.25) is 0 Å². The van der Waals surface area contributed by atoms with Gasteiger partial charge in [0, 0.05) is 5.39 Å². The summed E-state index contributed by atoms with van der Waals surface area (Å²) in [7, 11) is 1.38. The predicted molar refractivity (Wildman–Crippen MR) is 75.1 cm³/mol. The van der Waals surface area contributed by atoms with Crippen LogP contribution in [0.15, 0.2) is 41.8 Å². The molecule has 0 aliphatic rings. The summed E-state index contributed by atoms with van der Waals surface area (Å²) in [6.07, 6.45) is 0. The largest absolute Gasteiger partial charge is 0.468 e. The number of nitrogens with zero attached hydrogens (tertiary/aromatic N) is 2. The first-order chi connectivity index (χ1) is 9.29. The van der Waals surface area contributed by atoms with Crippen LogP contribution in [-0.4, -0.2) is 22.9 Å². The van der Waals surface area contributed by atoms with Crippen LogP contribution < -0.4 is 0 Å². The van der Waals surface area contributed by atoms with Gasteiger partial charge >= 0.3 is 5.97 Å². The number of carbonyl (C=O) groups excluding carboxylic acids is 1. The number of fused-ring (bicyclic) bond motifs is 1. The zero-order valence-electron chi connectivity index (χ0n) is 10.4. The van der Waals surface area contributed by atoms with Gasteiger partial charge in [0.2, 0.25) is 0 Å². The molecule has 5 heteroatoms. The number of aromatic nitrogens is 2. The quantitative estimate of drug-likeness (QED) is 0.689. The molecule has 0 radical (unpaired) electrons. The second-order valence-electron chi connectivity index (χ2n) is 4.08. The van der Waals surface area contributed by atoms with Crippen molar-refractivity contribution in [2.24, 2.45) is 0 Å². The molecule has 0 saturated carbocycles. The molecule has 3 rings (SSSR count). The van der Waals surface area contributed by atoms with Crippen LogP contribution in [0.1, 0.15) is 0 Å². The Labute approximate surface area is 114 Å². The van der Waals surface area contributed by atoms with E-state index < -0.39 is 0 Å². The third-order valence-corrected chi connectivity index (χ3v) is 3.80. The first-order valence-electron chi connectivity index (χ1n) is 5.86. The Morgan fingerprint density at radius 2 is 2.16 bits per heavy atom. The fraction of sp³-hybridized carbons (Fsp3) is 0.143. The van der Waals surface area contributed by atoms with Crippen molar-refractivity contribution in [2.45, 2.75) is 6.54 Å². The van der Waals surface area contributed by atoms with Crippen LogP contribution in [-0.2, 0) is 16.1 Å². The van der Waals surface area contributed by atoms with E-state index in [2.05, 4.69) is 5.10 Å². The SMILES string of the molecule is COC(=O)Cn1nc(-c2cccs2)c2ccccc21. The monoisotopic (exact) mass is 272 g/mol. The van der Waals surface area contributed by atoms with Gasteiger partial charge in [-0.05, 0) is 17.5 Å². The van der Waals surface area contributed by atoms with E-state index >= 15 is 0 Å². The summed E-state index contributed by atoms with van der Waals surface area (Å²) in [4.78, 5) is 12.5. The summed E-state index contributed by atoms with van der Waals surface area (Å²) in [6.45, 7) is 0.127. The summed E-state index contributed by atoms with van der Waals surface area (Å²) in [5, 5.41) is 7.61. The van der Waals surface area contributed by atoms with Crippen molar-refractivity contribution in [3.63, 3.8) is 0 Å². The molecule has 3 aromatic rings. The number of methoxy groups -OCH3 is 1. The molecule has 96 valence electrons. The lowest BCUT2D eigenvalue weighted by Crippen LogP contribution is -2.12. The van der Waals surface area contributed by atoms with Crippen LogP contribution in [0.3, 0.4) is 0 Å². The number of para-hydroxylation sites is 1. The highest BCUT2D eigenvalue weighted by molar-refractivity contribution is 7.13. The number of carbonyl (C=O) groups is 1. The van der Waals surface area contributed by atoms with E-state index in [1.807, 2.05) is 41.8 Å². The Balaban J connectivity index is 2.16. The highest BCUT2D eigenvalue weighted by Gasteiger charge is 2.14. The minimum Gasteiger partial charge on any atom is -0.468 e. The van der Waals surface area contributed by atoms with Gasteiger partial charge in [-0.3, -0.25) is 9.48 Å². The van der Waals surface area contributed by atoms with E-state index in [1.165, 1.54) is 7.11 Å². The van der Waals surface area contributed by atoms with Crippen molar-refractivity contribution in [1.29, 1.82) is 0 Å². The van der Waals surface area contributed by atoms with Crippen molar-refractivity contribution in [3.05, 3.63) is 41.8 Å². The number of thiophene rings is 1. The van der Waals surface area contributed by atoms with Gasteiger partial charge in [0.15, 0.2) is 0 Å². The molecule has 0 spiro atoms. The molecule has 0 aliphatic heterocycles. The Kier molecular flexibility index (Phi) is 3.05. The number of hydrogen-bond acceptors (Lipinski definition) is 4. The first-order valence-corrected chi connectivity index (χ1v) is 6.74. The van der Waals surface area contributed by atoms with Crippen LogP contribution in [0.4, 0.5) is 0 Å². The van der Waals surface area contributed by atoms with Crippen LogP contribution in [0.25, 0.3) is 21.5 Å². The number of rotatable bonds is 3. The summed E-state index contributed by atoms with van der Waals surface area (Å²) in [6, 6.07) is 11.9. The molecule has 0 fully saturated rings. The molecule has 4 nitrogen and oxygen atoms in total. The second kappa shape index (κ2) is 4.85. The summed E-state index contributed by atoms with van der Waals surface area (Å²) in [5.41, 5.74) is 1.85. The Bertz CT molecular complexity index is 716. The fourth-order valence-electron chi connectivity index (χ4n) is 2.03.